The molecule has 2 heterocycles. The molecule has 0 aliphatic heterocycles. The third-order valence-electron chi connectivity index (χ3n) is 4.34. The van der Waals surface area contributed by atoms with Gasteiger partial charge >= 0.3 is 0 Å². The number of hydrogen-bond donors (Lipinski definition) is 2. The van der Waals surface area contributed by atoms with E-state index in [1.165, 1.54) is 18.5 Å². The fraction of sp³-hybridized carbons (Fsp3) is 0. The number of benzene rings is 2. The summed E-state index contributed by atoms with van der Waals surface area (Å²) in [5.74, 6) is -0.981. The quantitative estimate of drug-likeness (QED) is 0.472. The number of fused-ring (bicyclic) bond motifs is 1. The summed E-state index contributed by atoms with van der Waals surface area (Å²) in [5, 5.41) is 9.45. The summed E-state index contributed by atoms with van der Waals surface area (Å²) in [7, 11) is 0. The summed E-state index contributed by atoms with van der Waals surface area (Å²) < 4.78 is 20.1. The number of rotatable bonds is 4. The zero-order valence-corrected chi connectivity index (χ0v) is 15.5. The molecule has 0 saturated carbocycles. The van der Waals surface area contributed by atoms with Crippen LogP contribution in [0.5, 0.6) is 11.5 Å². The largest absolute Gasteiger partial charge is 0.454 e. The standard InChI is InChI=1S/C21H12ClFN4O2/c22-15-7-17(29-12-4-2-1-3-5-12)16(23)6-13(15)20(28)14-10-27-21-18(14)19(25)11(8-24)9-26-21/h1-7,9-10H,(H3,25,26,27). The molecule has 142 valence electrons. The molecule has 0 spiro atoms. The van der Waals surface area contributed by atoms with Crippen LogP contribution in [0.1, 0.15) is 21.5 Å². The minimum absolute atomic E-state index is 0.0136. The first-order valence-corrected chi connectivity index (χ1v) is 8.79. The van der Waals surface area contributed by atoms with Crippen molar-refractivity contribution in [1.82, 2.24) is 9.97 Å². The summed E-state index contributed by atoms with van der Waals surface area (Å²) in [6, 6.07) is 12.8. The monoisotopic (exact) mass is 406 g/mol. The zero-order chi connectivity index (χ0) is 20.5. The molecule has 0 fully saturated rings. The molecule has 0 radical (unpaired) electrons. The van der Waals surface area contributed by atoms with Crippen LogP contribution in [0.2, 0.25) is 5.02 Å². The number of nitrogen functional groups attached to an aromatic ring is 1. The topological polar surface area (TPSA) is 105 Å². The number of H-pyrrole nitrogens is 1. The zero-order valence-electron chi connectivity index (χ0n) is 14.7. The lowest BCUT2D eigenvalue weighted by atomic mass is 10.0. The van der Waals surface area contributed by atoms with Gasteiger partial charge in [0, 0.05) is 24.0 Å². The highest BCUT2D eigenvalue weighted by molar-refractivity contribution is 6.36. The number of nitrogens with one attached hydrogen (secondary N) is 1. The number of nitrogens with zero attached hydrogens (tertiary/aromatic N) is 2. The van der Waals surface area contributed by atoms with E-state index in [9.17, 15) is 9.18 Å². The van der Waals surface area contributed by atoms with Gasteiger partial charge in [0.15, 0.2) is 17.3 Å². The fourth-order valence-corrected chi connectivity index (χ4v) is 3.17. The first-order chi connectivity index (χ1) is 14.0. The van der Waals surface area contributed by atoms with Crippen molar-refractivity contribution in [3.63, 3.8) is 0 Å². The number of ketones is 1. The molecule has 0 aliphatic rings. The molecule has 2 aromatic heterocycles. The summed E-state index contributed by atoms with van der Waals surface area (Å²) in [6.45, 7) is 0. The van der Waals surface area contributed by atoms with Crippen LogP contribution in [0.3, 0.4) is 0 Å². The van der Waals surface area contributed by atoms with Gasteiger partial charge in [-0.1, -0.05) is 29.8 Å². The molecule has 0 bridgehead atoms. The van der Waals surface area contributed by atoms with Crippen molar-refractivity contribution in [3.8, 4) is 17.6 Å². The normalized spacial score (nSPS) is 10.7. The molecule has 29 heavy (non-hydrogen) atoms. The maximum atomic E-state index is 14.6. The number of pyridine rings is 1. The highest BCUT2D eigenvalue weighted by Crippen LogP contribution is 2.33. The second-order valence-electron chi connectivity index (χ2n) is 6.13. The number of hydrogen-bond acceptors (Lipinski definition) is 5. The third-order valence-corrected chi connectivity index (χ3v) is 4.66. The van der Waals surface area contributed by atoms with Gasteiger partial charge in [-0.15, -0.1) is 0 Å². The number of carbonyl (C=O) groups is 1. The van der Waals surface area contributed by atoms with E-state index in [4.69, 9.17) is 27.3 Å². The van der Waals surface area contributed by atoms with Gasteiger partial charge in [-0.2, -0.15) is 5.26 Å². The van der Waals surface area contributed by atoms with E-state index in [1.807, 2.05) is 6.07 Å². The first-order valence-electron chi connectivity index (χ1n) is 8.42. The lowest BCUT2D eigenvalue weighted by Crippen LogP contribution is -2.05. The number of para-hydroxylation sites is 1. The Morgan fingerprint density at radius 3 is 2.72 bits per heavy atom. The smallest absolute Gasteiger partial charge is 0.196 e. The minimum Gasteiger partial charge on any atom is -0.454 e. The molecule has 4 aromatic rings. The van der Waals surface area contributed by atoms with Crippen LogP contribution in [-0.2, 0) is 0 Å². The first kappa shape index (κ1) is 18.5. The van der Waals surface area contributed by atoms with Crippen LogP contribution in [0, 0.1) is 17.1 Å². The molecule has 8 heteroatoms. The van der Waals surface area contributed by atoms with Crippen molar-refractivity contribution in [2.75, 3.05) is 5.73 Å². The van der Waals surface area contributed by atoms with E-state index in [-0.39, 0.29) is 38.5 Å². The van der Waals surface area contributed by atoms with E-state index in [1.54, 1.807) is 30.3 Å². The third kappa shape index (κ3) is 3.26. The number of carbonyl (C=O) groups excluding carboxylic acids is 1. The van der Waals surface area contributed by atoms with Crippen molar-refractivity contribution in [2.24, 2.45) is 0 Å². The Labute approximate surface area is 169 Å². The van der Waals surface area contributed by atoms with Gasteiger partial charge in [0.1, 0.15) is 17.5 Å². The lowest BCUT2D eigenvalue weighted by molar-refractivity contribution is 0.104. The predicted octanol–water partition coefficient (Wildman–Crippen LogP) is 4.83. The number of aromatic nitrogens is 2. The van der Waals surface area contributed by atoms with Crippen LogP contribution in [0.15, 0.2) is 54.9 Å². The second-order valence-corrected chi connectivity index (χ2v) is 6.54. The average molecular weight is 407 g/mol. The SMILES string of the molecule is N#Cc1cnc2[nH]cc(C(=O)c3cc(F)c(Oc4ccccc4)cc3Cl)c2c1N. The molecule has 0 aliphatic carbocycles. The molecule has 0 saturated heterocycles. The van der Waals surface area contributed by atoms with Gasteiger partial charge in [-0.05, 0) is 18.2 Å². The van der Waals surface area contributed by atoms with E-state index >= 15 is 0 Å². The minimum atomic E-state index is -0.745. The molecular formula is C21H12ClFN4O2. The maximum absolute atomic E-state index is 14.6. The van der Waals surface area contributed by atoms with Crippen LogP contribution in [-0.4, -0.2) is 15.8 Å². The Hall–Kier alpha value is -3.89. The van der Waals surface area contributed by atoms with Gasteiger partial charge in [0.05, 0.1) is 27.2 Å². The highest BCUT2D eigenvalue weighted by atomic mass is 35.5. The van der Waals surface area contributed by atoms with Crippen molar-refractivity contribution in [2.45, 2.75) is 0 Å². The van der Waals surface area contributed by atoms with Crippen molar-refractivity contribution in [3.05, 3.63) is 82.4 Å². The molecule has 0 amide bonds. The molecular weight excluding hydrogens is 395 g/mol. The van der Waals surface area contributed by atoms with Crippen LogP contribution >= 0.6 is 11.6 Å². The number of nitriles is 1. The van der Waals surface area contributed by atoms with Gasteiger partial charge in [0.2, 0.25) is 0 Å². The van der Waals surface area contributed by atoms with Gasteiger partial charge in [-0.25, -0.2) is 9.37 Å². The van der Waals surface area contributed by atoms with E-state index in [0.717, 1.165) is 6.07 Å². The van der Waals surface area contributed by atoms with Crippen LogP contribution < -0.4 is 10.5 Å². The molecule has 6 nitrogen and oxygen atoms in total. The Balaban J connectivity index is 1.76. The number of anilines is 1. The van der Waals surface area contributed by atoms with E-state index < -0.39 is 11.6 Å². The van der Waals surface area contributed by atoms with Crippen molar-refractivity contribution >= 4 is 34.1 Å². The van der Waals surface area contributed by atoms with E-state index in [2.05, 4.69) is 9.97 Å². The van der Waals surface area contributed by atoms with Crippen molar-refractivity contribution in [1.29, 1.82) is 5.26 Å². The van der Waals surface area contributed by atoms with Gasteiger partial charge < -0.3 is 15.5 Å². The molecule has 0 unspecified atom stereocenters. The molecule has 3 N–H and O–H groups in total. The van der Waals surface area contributed by atoms with Crippen LogP contribution in [0.4, 0.5) is 10.1 Å². The summed E-state index contributed by atoms with van der Waals surface area (Å²) in [5.41, 5.74) is 6.67. The maximum Gasteiger partial charge on any atom is 0.196 e. The molecule has 2 aromatic carbocycles. The van der Waals surface area contributed by atoms with E-state index in [0.29, 0.717) is 11.4 Å². The van der Waals surface area contributed by atoms with Crippen molar-refractivity contribution < 1.29 is 13.9 Å². The lowest BCUT2D eigenvalue weighted by Gasteiger charge is -2.10. The van der Waals surface area contributed by atoms with Crippen LogP contribution in [0.25, 0.3) is 11.0 Å². The highest BCUT2D eigenvalue weighted by Gasteiger charge is 2.22. The Bertz CT molecular complexity index is 1300. The Morgan fingerprint density at radius 1 is 1.24 bits per heavy atom. The Kier molecular flexibility index (Phi) is 4.63. The fourth-order valence-electron chi connectivity index (χ4n) is 2.93. The number of nitrogens with two attached hydrogens (primary N) is 1. The Morgan fingerprint density at radius 2 is 2.00 bits per heavy atom. The van der Waals surface area contributed by atoms with Gasteiger partial charge in [0.25, 0.3) is 0 Å². The number of aromatic amines is 1. The molecule has 4 rings (SSSR count). The predicted molar refractivity (Wildman–Crippen MR) is 107 cm³/mol. The number of halogens is 2. The number of ether oxygens (including phenoxy) is 1. The summed E-state index contributed by atoms with van der Waals surface area (Å²) in [4.78, 5) is 19.9. The van der Waals surface area contributed by atoms with Gasteiger partial charge in [-0.3, -0.25) is 4.79 Å². The summed E-state index contributed by atoms with van der Waals surface area (Å²) >= 11 is 6.25. The average Bonchev–Trinajstić information content (AvgIpc) is 3.16. The summed E-state index contributed by atoms with van der Waals surface area (Å²) in [6.07, 6.45) is 2.71. The molecule has 0 atom stereocenters. The second kappa shape index (κ2) is 7.26.